The van der Waals surface area contributed by atoms with Gasteiger partial charge < -0.3 is 4.98 Å². The number of aromatic nitrogens is 2. The molecule has 0 saturated carbocycles. The first-order valence-corrected chi connectivity index (χ1v) is 6.69. The second kappa shape index (κ2) is 5.18. The molecular formula is C17H15N3. The van der Waals surface area contributed by atoms with Crippen molar-refractivity contribution in [1.82, 2.24) is 9.97 Å². The third kappa shape index (κ3) is 2.41. The number of fused-ring (bicyclic) bond motifs is 1. The summed E-state index contributed by atoms with van der Waals surface area (Å²) in [5.41, 5.74) is 4.91. The molecule has 0 saturated heterocycles. The van der Waals surface area contributed by atoms with E-state index in [1.807, 2.05) is 12.1 Å². The van der Waals surface area contributed by atoms with E-state index in [1.165, 1.54) is 11.1 Å². The summed E-state index contributed by atoms with van der Waals surface area (Å²) in [4.78, 5) is 7.83. The van der Waals surface area contributed by atoms with Crippen molar-refractivity contribution < 1.29 is 0 Å². The number of nitrogens with one attached hydrogen (secondary N) is 1. The normalized spacial score (nSPS) is 10.6. The first kappa shape index (κ1) is 12.4. The Bertz CT molecular complexity index is 776. The van der Waals surface area contributed by atoms with E-state index in [0.717, 1.165) is 29.7 Å². The topological polar surface area (TPSA) is 52.5 Å². The molecule has 3 nitrogen and oxygen atoms in total. The third-order valence-electron chi connectivity index (χ3n) is 3.45. The second-order valence-corrected chi connectivity index (χ2v) is 4.98. The van der Waals surface area contributed by atoms with Crippen molar-refractivity contribution in [2.45, 2.75) is 19.8 Å². The van der Waals surface area contributed by atoms with Crippen LogP contribution in [0.25, 0.3) is 11.0 Å². The van der Waals surface area contributed by atoms with Crippen molar-refractivity contribution in [3.63, 3.8) is 0 Å². The lowest BCUT2D eigenvalue weighted by Crippen LogP contribution is -1.93. The Labute approximate surface area is 117 Å². The molecular weight excluding hydrogens is 246 g/mol. The Morgan fingerprint density at radius 2 is 1.90 bits per heavy atom. The van der Waals surface area contributed by atoms with Crippen LogP contribution in [-0.2, 0) is 12.8 Å². The first-order chi connectivity index (χ1) is 9.76. The molecule has 3 rings (SSSR count). The number of para-hydroxylation sites is 1. The first-order valence-electron chi connectivity index (χ1n) is 6.69. The highest BCUT2D eigenvalue weighted by Gasteiger charge is 2.06. The van der Waals surface area contributed by atoms with E-state index in [-0.39, 0.29) is 0 Å². The van der Waals surface area contributed by atoms with Crippen LogP contribution in [0.2, 0.25) is 0 Å². The molecule has 1 aromatic heterocycles. The van der Waals surface area contributed by atoms with Gasteiger partial charge in [0.1, 0.15) is 17.4 Å². The fourth-order valence-electron chi connectivity index (χ4n) is 2.31. The molecule has 0 unspecified atom stereocenters. The molecule has 3 heteroatoms. The molecule has 0 aliphatic rings. The number of aromatic amines is 1. The molecule has 0 aliphatic heterocycles. The Kier molecular flexibility index (Phi) is 3.22. The minimum Gasteiger partial charge on any atom is -0.342 e. The summed E-state index contributed by atoms with van der Waals surface area (Å²) < 4.78 is 0. The van der Waals surface area contributed by atoms with E-state index in [4.69, 9.17) is 5.26 Å². The number of aryl methyl sites for hydroxylation is 3. The van der Waals surface area contributed by atoms with E-state index in [9.17, 15) is 0 Å². The standard InChI is InChI=1S/C17H15N3/c1-12-5-7-13(8-6-12)9-10-16-19-15-4-2-3-14(11-18)17(15)20-16/h2-8H,9-10H2,1H3,(H,19,20). The number of imidazole rings is 1. The molecule has 1 heterocycles. The van der Waals surface area contributed by atoms with Gasteiger partial charge in [-0.15, -0.1) is 0 Å². The molecule has 1 N–H and O–H groups in total. The molecule has 3 aromatic rings. The van der Waals surface area contributed by atoms with Gasteiger partial charge in [-0.25, -0.2) is 4.98 Å². The van der Waals surface area contributed by atoms with Gasteiger partial charge in [-0.05, 0) is 31.0 Å². The van der Waals surface area contributed by atoms with Crippen LogP contribution in [0.15, 0.2) is 42.5 Å². The van der Waals surface area contributed by atoms with Crippen LogP contribution in [0.4, 0.5) is 0 Å². The number of H-pyrrole nitrogens is 1. The van der Waals surface area contributed by atoms with E-state index in [0.29, 0.717) is 5.56 Å². The van der Waals surface area contributed by atoms with Crippen molar-refractivity contribution in [3.05, 3.63) is 65.0 Å². The molecule has 0 spiro atoms. The van der Waals surface area contributed by atoms with E-state index < -0.39 is 0 Å². The van der Waals surface area contributed by atoms with Crippen molar-refractivity contribution in [2.75, 3.05) is 0 Å². The summed E-state index contributed by atoms with van der Waals surface area (Å²) in [5, 5.41) is 9.07. The van der Waals surface area contributed by atoms with Gasteiger partial charge in [-0.1, -0.05) is 35.9 Å². The van der Waals surface area contributed by atoms with Crippen molar-refractivity contribution in [1.29, 1.82) is 5.26 Å². The minimum absolute atomic E-state index is 0.625. The lowest BCUT2D eigenvalue weighted by Gasteiger charge is -1.99. The number of nitriles is 1. The largest absolute Gasteiger partial charge is 0.342 e. The van der Waals surface area contributed by atoms with E-state index in [2.05, 4.69) is 47.2 Å². The number of hydrogen-bond acceptors (Lipinski definition) is 2. The summed E-state index contributed by atoms with van der Waals surface area (Å²) >= 11 is 0. The van der Waals surface area contributed by atoms with Crippen LogP contribution in [0.1, 0.15) is 22.5 Å². The Balaban J connectivity index is 1.81. The number of benzene rings is 2. The van der Waals surface area contributed by atoms with Crippen molar-refractivity contribution >= 4 is 11.0 Å². The third-order valence-corrected chi connectivity index (χ3v) is 3.45. The molecule has 0 radical (unpaired) electrons. The summed E-state index contributed by atoms with van der Waals surface area (Å²) in [6, 6.07) is 16.4. The van der Waals surface area contributed by atoms with Gasteiger partial charge in [-0.3, -0.25) is 0 Å². The molecule has 0 fully saturated rings. The van der Waals surface area contributed by atoms with Crippen LogP contribution in [0.3, 0.4) is 0 Å². The van der Waals surface area contributed by atoms with Gasteiger partial charge >= 0.3 is 0 Å². The molecule has 0 amide bonds. The zero-order valence-electron chi connectivity index (χ0n) is 11.4. The summed E-state index contributed by atoms with van der Waals surface area (Å²) in [6.07, 6.45) is 1.80. The van der Waals surface area contributed by atoms with Gasteiger partial charge in [0.2, 0.25) is 0 Å². The predicted octanol–water partition coefficient (Wildman–Crippen LogP) is 3.53. The predicted molar refractivity (Wildman–Crippen MR) is 79.4 cm³/mol. The van der Waals surface area contributed by atoms with Crippen LogP contribution < -0.4 is 0 Å². The number of rotatable bonds is 3. The maximum absolute atomic E-state index is 9.07. The summed E-state index contributed by atoms with van der Waals surface area (Å²) in [6.45, 7) is 2.09. The smallest absolute Gasteiger partial charge is 0.107 e. The molecule has 0 bridgehead atoms. The van der Waals surface area contributed by atoms with Crippen LogP contribution >= 0.6 is 0 Å². The maximum Gasteiger partial charge on any atom is 0.107 e. The maximum atomic E-state index is 9.07. The monoisotopic (exact) mass is 261 g/mol. The Morgan fingerprint density at radius 3 is 2.65 bits per heavy atom. The van der Waals surface area contributed by atoms with Gasteiger partial charge in [0.25, 0.3) is 0 Å². The van der Waals surface area contributed by atoms with Gasteiger partial charge in [0, 0.05) is 6.42 Å². The zero-order chi connectivity index (χ0) is 13.9. The highest BCUT2D eigenvalue weighted by Crippen LogP contribution is 2.16. The Morgan fingerprint density at radius 1 is 1.10 bits per heavy atom. The molecule has 98 valence electrons. The van der Waals surface area contributed by atoms with Gasteiger partial charge in [0.05, 0.1) is 11.1 Å². The molecule has 0 atom stereocenters. The SMILES string of the molecule is Cc1ccc(CCc2nc3c(C#N)cccc3[nH]2)cc1. The minimum atomic E-state index is 0.625. The molecule has 20 heavy (non-hydrogen) atoms. The van der Waals surface area contributed by atoms with Crippen LogP contribution in [0.5, 0.6) is 0 Å². The highest BCUT2D eigenvalue weighted by molar-refractivity contribution is 5.81. The van der Waals surface area contributed by atoms with E-state index in [1.54, 1.807) is 6.07 Å². The van der Waals surface area contributed by atoms with Gasteiger partial charge in [0.15, 0.2) is 0 Å². The molecule has 2 aromatic carbocycles. The van der Waals surface area contributed by atoms with E-state index >= 15 is 0 Å². The zero-order valence-corrected chi connectivity index (χ0v) is 11.4. The van der Waals surface area contributed by atoms with Crippen molar-refractivity contribution in [2.24, 2.45) is 0 Å². The highest BCUT2D eigenvalue weighted by atomic mass is 14.9. The van der Waals surface area contributed by atoms with Crippen LogP contribution in [-0.4, -0.2) is 9.97 Å². The van der Waals surface area contributed by atoms with Gasteiger partial charge in [-0.2, -0.15) is 5.26 Å². The fourth-order valence-corrected chi connectivity index (χ4v) is 2.31. The van der Waals surface area contributed by atoms with Crippen LogP contribution in [0, 0.1) is 18.3 Å². The number of nitrogens with zero attached hydrogens (tertiary/aromatic N) is 2. The summed E-state index contributed by atoms with van der Waals surface area (Å²) in [7, 11) is 0. The Hall–Kier alpha value is -2.60. The lowest BCUT2D eigenvalue weighted by molar-refractivity contribution is 0.889. The average Bonchev–Trinajstić information content (AvgIpc) is 2.89. The lowest BCUT2D eigenvalue weighted by atomic mass is 10.1. The number of hydrogen-bond donors (Lipinski definition) is 1. The second-order valence-electron chi connectivity index (χ2n) is 4.98. The fraction of sp³-hybridized carbons (Fsp3) is 0.176. The molecule has 0 aliphatic carbocycles. The summed E-state index contributed by atoms with van der Waals surface area (Å²) in [5.74, 6) is 0.934. The quantitative estimate of drug-likeness (QED) is 0.784. The van der Waals surface area contributed by atoms with Crippen molar-refractivity contribution in [3.8, 4) is 6.07 Å². The average molecular weight is 261 g/mol.